The molecule has 0 atom stereocenters. The number of aliphatic carboxylic acids is 1. The lowest BCUT2D eigenvalue weighted by atomic mass is 10.1. The van der Waals surface area contributed by atoms with Gasteiger partial charge >= 0.3 is 5.97 Å². The number of aromatic nitrogens is 2. The van der Waals surface area contributed by atoms with E-state index < -0.39 is 5.97 Å². The largest absolute Gasteiger partial charge is 0.506 e. The number of aromatic hydroxyl groups is 1. The fourth-order valence-electron chi connectivity index (χ4n) is 2.41. The summed E-state index contributed by atoms with van der Waals surface area (Å²) in [4.78, 5) is 19.1. The minimum atomic E-state index is -0.720. The van der Waals surface area contributed by atoms with Gasteiger partial charge in [-0.2, -0.15) is 0 Å². The van der Waals surface area contributed by atoms with Crippen molar-refractivity contribution in [2.75, 3.05) is 0 Å². The molecule has 0 aliphatic carbocycles. The maximum atomic E-state index is 10.4. The van der Waals surface area contributed by atoms with Crippen molar-refractivity contribution in [2.45, 2.75) is 44.9 Å². The zero-order chi connectivity index (χ0) is 17.4. The van der Waals surface area contributed by atoms with Crippen molar-refractivity contribution in [3.05, 3.63) is 41.2 Å². The number of benzene rings is 1. The van der Waals surface area contributed by atoms with E-state index in [2.05, 4.69) is 9.97 Å². The number of carbonyl (C=O) groups is 1. The molecule has 1 aromatic heterocycles. The van der Waals surface area contributed by atoms with Gasteiger partial charge < -0.3 is 10.2 Å². The summed E-state index contributed by atoms with van der Waals surface area (Å²) in [5.74, 6) is -0.100. The Morgan fingerprint density at radius 3 is 2.38 bits per heavy atom. The van der Waals surface area contributed by atoms with Crippen LogP contribution in [0, 0.1) is 0 Å². The number of hydrogen-bond donors (Lipinski definition) is 2. The van der Waals surface area contributed by atoms with Crippen LogP contribution in [0.2, 0.25) is 5.02 Å². The number of nitrogens with zero attached hydrogens (tertiary/aromatic N) is 2. The number of hydrogen-bond acceptors (Lipinski definition) is 4. The van der Waals surface area contributed by atoms with Crippen LogP contribution < -0.4 is 0 Å². The van der Waals surface area contributed by atoms with E-state index in [1.807, 2.05) is 12.4 Å². The van der Waals surface area contributed by atoms with Gasteiger partial charge in [0.25, 0.3) is 0 Å². The van der Waals surface area contributed by atoms with Crippen LogP contribution in [0.15, 0.2) is 30.6 Å². The molecule has 0 amide bonds. The first-order chi connectivity index (χ1) is 11.6. The molecular weight excluding hydrogens is 328 g/mol. The van der Waals surface area contributed by atoms with Crippen molar-refractivity contribution < 1.29 is 15.0 Å². The van der Waals surface area contributed by atoms with Crippen molar-refractivity contribution >= 4 is 17.6 Å². The Morgan fingerprint density at radius 1 is 1.04 bits per heavy atom. The molecule has 2 aromatic rings. The summed E-state index contributed by atoms with van der Waals surface area (Å²) >= 11 is 5.89. The standard InChI is InChI=1S/C18H21ClN2O3/c19-15-10-14(8-9-16(15)22)18-20-11-13(12-21-18)6-4-2-1-3-5-7-17(23)24/h8-12,22H,1-7H2,(H,23,24). The van der Waals surface area contributed by atoms with E-state index in [1.165, 1.54) is 6.07 Å². The molecule has 6 heteroatoms. The summed E-state index contributed by atoms with van der Waals surface area (Å²) in [6, 6.07) is 4.90. The van der Waals surface area contributed by atoms with Crippen LogP contribution in [0.4, 0.5) is 0 Å². The fraction of sp³-hybridized carbons (Fsp3) is 0.389. The summed E-state index contributed by atoms with van der Waals surface area (Å²) in [7, 11) is 0. The Labute approximate surface area is 146 Å². The molecule has 0 spiro atoms. The number of aryl methyl sites for hydroxylation is 1. The van der Waals surface area contributed by atoms with Gasteiger partial charge in [0, 0.05) is 24.4 Å². The van der Waals surface area contributed by atoms with Crippen LogP contribution in [0.1, 0.15) is 44.1 Å². The molecule has 0 unspecified atom stereocenters. The van der Waals surface area contributed by atoms with Gasteiger partial charge in [-0.1, -0.05) is 30.9 Å². The molecule has 0 fully saturated rings. The second-order valence-corrected chi connectivity index (χ2v) is 6.15. The van der Waals surface area contributed by atoms with Gasteiger partial charge in [0.05, 0.1) is 5.02 Å². The van der Waals surface area contributed by atoms with E-state index in [9.17, 15) is 9.90 Å². The van der Waals surface area contributed by atoms with Gasteiger partial charge in [0.15, 0.2) is 5.82 Å². The van der Waals surface area contributed by atoms with Gasteiger partial charge in [-0.25, -0.2) is 9.97 Å². The highest BCUT2D eigenvalue weighted by molar-refractivity contribution is 6.32. The third-order valence-electron chi connectivity index (χ3n) is 3.77. The van der Waals surface area contributed by atoms with Crippen LogP contribution in [-0.4, -0.2) is 26.2 Å². The topological polar surface area (TPSA) is 83.3 Å². The molecule has 0 saturated carbocycles. The summed E-state index contributed by atoms with van der Waals surface area (Å²) in [6.45, 7) is 0. The maximum absolute atomic E-state index is 10.4. The first kappa shape index (κ1) is 18.2. The molecule has 0 bridgehead atoms. The molecule has 2 rings (SSSR count). The zero-order valence-corrected chi connectivity index (χ0v) is 14.2. The number of unbranched alkanes of at least 4 members (excludes halogenated alkanes) is 4. The van der Waals surface area contributed by atoms with Crippen molar-refractivity contribution in [3.8, 4) is 17.1 Å². The van der Waals surface area contributed by atoms with Crippen LogP contribution in [-0.2, 0) is 11.2 Å². The molecule has 0 radical (unpaired) electrons. The molecule has 0 saturated heterocycles. The van der Waals surface area contributed by atoms with Crippen molar-refractivity contribution in [1.82, 2.24) is 9.97 Å². The van der Waals surface area contributed by atoms with E-state index in [0.29, 0.717) is 5.82 Å². The third kappa shape index (κ3) is 5.81. The Kier molecular flexibility index (Phi) is 7.00. The lowest BCUT2D eigenvalue weighted by Crippen LogP contribution is -1.94. The first-order valence-electron chi connectivity index (χ1n) is 8.08. The Bertz CT molecular complexity index is 674. The predicted octanol–water partition coefficient (Wildman–Crippen LogP) is 4.47. The average molecular weight is 349 g/mol. The smallest absolute Gasteiger partial charge is 0.303 e. The van der Waals surface area contributed by atoms with E-state index >= 15 is 0 Å². The Balaban J connectivity index is 1.76. The molecule has 1 heterocycles. The second kappa shape index (κ2) is 9.23. The van der Waals surface area contributed by atoms with Gasteiger partial charge in [0.1, 0.15) is 5.75 Å². The quantitative estimate of drug-likeness (QED) is 0.653. The Morgan fingerprint density at radius 2 is 1.71 bits per heavy atom. The lowest BCUT2D eigenvalue weighted by Gasteiger charge is -2.04. The van der Waals surface area contributed by atoms with Crippen LogP contribution >= 0.6 is 11.6 Å². The van der Waals surface area contributed by atoms with Gasteiger partial charge in [-0.05, 0) is 43.0 Å². The molecule has 0 aliphatic heterocycles. The minimum Gasteiger partial charge on any atom is -0.506 e. The number of rotatable bonds is 9. The lowest BCUT2D eigenvalue weighted by molar-refractivity contribution is -0.137. The van der Waals surface area contributed by atoms with Gasteiger partial charge in [0.2, 0.25) is 0 Å². The normalized spacial score (nSPS) is 10.7. The average Bonchev–Trinajstić information content (AvgIpc) is 2.57. The van der Waals surface area contributed by atoms with E-state index in [4.69, 9.17) is 16.7 Å². The molecule has 5 nitrogen and oxygen atoms in total. The highest BCUT2D eigenvalue weighted by Gasteiger charge is 2.05. The third-order valence-corrected chi connectivity index (χ3v) is 4.07. The highest BCUT2D eigenvalue weighted by atomic mass is 35.5. The number of phenols is 1. The SMILES string of the molecule is O=C(O)CCCCCCCc1cnc(-c2ccc(O)c(Cl)c2)nc1. The summed E-state index contributed by atoms with van der Waals surface area (Å²) in [6.07, 6.45) is 9.69. The highest BCUT2D eigenvalue weighted by Crippen LogP contribution is 2.27. The molecule has 24 heavy (non-hydrogen) atoms. The zero-order valence-electron chi connectivity index (χ0n) is 13.4. The number of carboxylic acid groups (broad SMARTS) is 1. The summed E-state index contributed by atoms with van der Waals surface area (Å²) in [5.41, 5.74) is 1.84. The van der Waals surface area contributed by atoms with Crippen molar-refractivity contribution in [3.63, 3.8) is 0 Å². The van der Waals surface area contributed by atoms with Crippen molar-refractivity contribution in [2.24, 2.45) is 0 Å². The van der Waals surface area contributed by atoms with E-state index in [0.717, 1.165) is 49.7 Å². The molecule has 2 N–H and O–H groups in total. The van der Waals surface area contributed by atoms with Crippen LogP contribution in [0.25, 0.3) is 11.4 Å². The summed E-state index contributed by atoms with van der Waals surface area (Å²) in [5, 5.41) is 18.3. The predicted molar refractivity (Wildman–Crippen MR) is 93.2 cm³/mol. The number of carboxylic acids is 1. The second-order valence-electron chi connectivity index (χ2n) is 5.74. The monoisotopic (exact) mass is 348 g/mol. The minimum absolute atomic E-state index is 0.0420. The number of halogens is 1. The molecule has 0 aliphatic rings. The van der Waals surface area contributed by atoms with Gasteiger partial charge in [-0.15, -0.1) is 0 Å². The maximum Gasteiger partial charge on any atom is 0.303 e. The van der Waals surface area contributed by atoms with E-state index in [-0.39, 0.29) is 17.2 Å². The Hall–Kier alpha value is -2.14. The van der Waals surface area contributed by atoms with E-state index in [1.54, 1.807) is 12.1 Å². The molecule has 1 aromatic carbocycles. The van der Waals surface area contributed by atoms with Crippen LogP contribution in [0.5, 0.6) is 5.75 Å². The molecular formula is C18H21ClN2O3. The van der Waals surface area contributed by atoms with Gasteiger partial charge in [-0.3, -0.25) is 4.79 Å². The fourth-order valence-corrected chi connectivity index (χ4v) is 2.60. The summed E-state index contributed by atoms with van der Waals surface area (Å²) < 4.78 is 0. The first-order valence-corrected chi connectivity index (χ1v) is 8.45. The van der Waals surface area contributed by atoms with Crippen LogP contribution in [0.3, 0.4) is 0 Å². The molecule has 128 valence electrons. The van der Waals surface area contributed by atoms with Crippen molar-refractivity contribution in [1.29, 1.82) is 0 Å². The number of phenolic OH excluding ortho intramolecular Hbond substituents is 1.